The number of anilines is 1. The van der Waals surface area contributed by atoms with Gasteiger partial charge < -0.3 is 14.8 Å². The molecular formula is C24H27BrF3N5O3. The fourth-order valence-electron chi connectivity index (χ4n) is 3.88. The molecular weight excluding hydrogens is 543 g/mol. The van der Waals surface area contributed by atoms with Gasteiger partial charge in [-0.25, -0.2) is 0 Å². The van der Waals surface area contributed by atoms with Crippen LogP contribution in [-0.2, 0) is 24.1 Å². The number of hydrogen-bond acceptors (Lipinski definition) is 5. The van der Waals surface area contributed by atoms with E-state index in [1.807, 2.05) is 32.0 Å². The highest BCUT2D eigenvalue weighted by Crippen LogP contribution is 2.47. The van der Waals surface area contributed by atoms with E-state index in [9.17, 15) is 18.0 Å². The van der Waals surface area contributed by atoms with Gasteiger partial charge in [-0.1, -0.05) is 6.07 Å². The van der Waals surface area contributed by atoms with Gasteiger partial charge in [0, 0.05) is 18.5 Å². The second-order valence-corrected chi connectivity index (χ2v) is 9.21. The Balaban J connectivity index is 1.37. The molecule has 1 fully saturated rings. The van der Waals surface area contributed by atoms with Crippen molar-refractivity contribution in [3.8, 4) is 11.5 Å². The molecule has 0 atom stereocenters. The number of benzene rings is 1. The third-order valence-corrected chi connectivity index (χ3v) is 6.37. The molecule has 1 amide bonds. The Bertz CT molecular complexity index is 1220. The van der Waals surface area contributed by atoms with E-state index in [-0.39, 0.29) is 29.3 Å². The molecule has 1 N–H and O–H groups in total. The van der Waals surface area contributed by atoms with Gasteiger partial charge in [-0.2, -0.15) is 23.4 Å². The van der Waals surface area contributed by atoms with Gasteiger partial charge in [-0.15, -0.1) is 0 Å². The van der Waals surface area contributed by atoms with Crippen LogP contribution in [0, 0.1) is 0 Å². The number of carbonyl (C=O) groups excluding carboxylic acids is 1. The Kier molecular flexibility index (Phi) is 7.91. The van der Waals surface area contributed by atoms with E-state index in [0.29, 0.717) is 42.6 Å². The van der Waals surface area contributed by atoms with Gasteiger partial charge >= 0.3 is 6.18 Å². The monoisotopic (exact) mass is 569 g/mol. The van der Waals surface area contributed by atoms with Gasteiger partial charge in [0.05, 0.1) is 48.4 Å². The number of aryl methyl sites for hydroxylation is 1. The summed E-state index contributed by atoms with van der Waals surface area (Å²) in [5.41, 5.74) is 0.994. The van der Waals surface area contributed by atoms with Gasteiger partial charge in [0.2, 0.25) is 5.91 Å². The molecule has 3 aromatic rings. The number of rotatable bonds is 11. The number of halogens is 4. The summed E-state index contributed by atoms with van der Waals surface area (Å²) < 4.78 is 54.0. The number of nitrogens with one attached hydrogen (secondary N) is 1. The zero-order valence-corrected chi connectivity index (χ0v) is 21.5. The summed E-state index contributed by atoms with van der Waals surface area (Å²) in [4.78, 5) is 12.5. The third-order valence-electron chi connectivity index (χ3n) is 5.58. The van der Waals surface area contributed by atoms with Crippen LogP contribution in [-0.4, -0.2) is 38.7 Å². The van der Waals surface area contributed by atoms with Crippen molar-refractivity contribution in [3.05, 3.63) is 52.0 Å². The van der Waals surface area contributed by atoms with Crippen molar-refractivity contribution in [1.82, 2.24) is 19.6 Å². The lowest BCUT2D eigenvalue weighted by Crippen LogP contribution is -2.16. The highest BCUT2D eigenvalue weighted by molar-refractivity contribution is 9.10. The van der Waals surface area contributed by atoms with Crippen molar-refractivity contribution >= 4 is 27.5 Å². The Hall–Kier alpha value is -3.02. The van der Waals surface area contributed by atoms with Crippen LogP contribution in [0.15, 0.2) is 35.1 Å². The van der Waals surface area contributed by atoms with Crippen LogP contribution >= 0.6 is 15.9 Å². The Labute approximate surface area is 214 Å². The summed E-state index contributed by atoms with van der Waals surface area (Å²) in [5, 5.41) is 10.8. The molecule has 36 heavy (non-hydrogen) atoms. The minimum atomic E-state index is -4.56. The van der Waals surface area contributed by atoms with E-state index in [1.54, 1.807) is 10.9 Å². The Morgan fingerprint density at radius 3 is 2.58 bits per heavy atom. The van der Waals surface area contributed by atoms with E-state index in [0.717, 1.165) is 18.4 Å². The lowest BCUT2D eigenvalue weighted by molar-refractivity contribution is -0.142. The SMILES string of the molecule is CCOc1ccc(Cn2cc(NC(=O)CCn3nc(C(F)(F)F)c(Br)c3C3CC3)cn2)cc1OCC. The first kappa shape index (κ1) is 26.1. The minimum Gasteiger partial charge on any atom is -0.490 e. The second kappa shape index (κ2) is 10.9. The Morgan fingerprint density at radius 2 is 1.92 bits per heavy atom. The zero-order valence-electron chi connectivity index (χ0n) is 19.9. The molecule has 2 aromatic heterocycles. The molecule has 1 aromatic carbocycles. The van der Waals surface area contributed by atoms with E-state index in [2.05, 4.69) is 31.4 Å². The molecule has 0 unspecified atom stereocenters. The van der Waals surface area contributed by atoms with Crippen molar-refractivity contribution in [1.29, 1.82) is 0 Å². The van der Waals surface area contributed by atoms with E-state index in [4.69, 9.17) is 9.47 Å². The number of amides is 1. The maximum Gasteiger partial charge on any atom is 0.436 e. The number of carbonyl (C=O) groups is 1. The number of ether oxygens (including phenoxy) is 2. The van der Waals surface area contributed by atoms with Crippen LogP contribution < -0.4 is 14.8 Å². The lowest BCUT2D eigenvalue weighted by atomic mass is 10.2. The molecule has 1 aliphatic carbocycles. The molecule has 8 nitrogen and oxygen atoms in total. The second-order valence-electron chi connectivity index (χ2n) is 8.41. The van der Waals surface area contributed by atoms with Crippen LogP contribution in [0.1, 0.15) is 56.0 Å². The first-order valence-electron chi connectivity index (χ1n) is 11.7. The standard InChI is InChI=1S/C24H27BrF3N5O3/c1-3-35-18-8-5-15(11-19(18)36-4-2)13-32-14-17(12-29-32)30-20(34)9-10-33-22(16-6-7-16)21(25)23(31-33)24(26,27)28/h5,8,11-12,14,16H,3-4,6-7,9-10,13H2,1-2H3,(H,30,34). The molecule has 0 radical (unpaired) electrons. The molecule has 2 heterocycles. The summed E-state index contributed by atoms with van der Waals surface area (Å²) in [6, 6.07) is 5.66. The normalized spacial score (nSPS) is 13.6. The average molecular weight is 570 g/mol. The van der Waals surface area contributed by atoms with Crippen molar-refractivity contribution in [3.63, 3.8) is 0 Å². The molecule has 194 valence electrons. The molecule has 1 aliphatic rings. The minimum absolute atomic E-state index is 0.0209. The summed E-state index contributed by atoms with van der Waals surface area (Å²) in [6.45, 7) is 5.35. The molecule has 0 bridgehead atoms. The lowest BCUT2D eigenvalue weighted by Gasteiger charge is -2.12. The van der Waals surface area contributed by atoms with Crippen molar-refractivity contribution in [2.75, 3.05) is 18.5 Å². The average Bonchev–Trinajstić information content (AvgIpc) is 3.46. The fourth-order valence-corrected chi connectivity index (χ4v) is 4.71. The summed E-state index contributed by atoms with van der Waals surface area (Å²) in [7, 11) is 0. The predicted octanol–water partition coefficient (Wildman–Crippen LogP) is 5.61. The van der Waals surface area contributed by atoms with Crippen molar-refractivity contribution in [2.24, 2.45) is 0 Å². The number of aromatic nitrogens is 4. The molecule has 0 saturated heterocycles. The molecule has 4 rings (SSSR count). The number of alkyl halides is 3. The quantitative estimate of drug-likeness (QED) is 0.324. The van der Waals surface area contributed by atoms with E-state index < -0.39 is 11.9 Å². The van der Waals surface area contributed by atoms with Gasteiger partial charge in [0.15, 0.2) is 17.2 Å². The zero-order chi connectivity index (χ0) is 25.9. The number of nitrogens with zero attached hydrogens (tertiary/aromatic N) is 4. The topological polar surface area (TPSA) is 83.2 Å². The third kappa shape index (κ3) is 6.21. The summed E-state index contributed by atoms with van der Waals surface area (Å²) >= 11 is 3.06. The van der Waals surface area contributed by atoms with Crippen molar-refractivity contribution in [2.45, 2.75) is 58.3 Å². The molecule has 1 saturated carbocycles. The molecule has 12 heteroatoms. The largest absolute Gasteiger partial charge is 0.490 e. The van der Waals surface area contributed by atoms with Crippen molar-refractivity contribution < 1.29 is 27.4 Å². The highest BCUT2D eigenvalue weighted by Gasteiger charge is 2.41. The fraction of sp³-hybridized carbons (Fsp3) is 0.458. The molecule has 0 aliphatic heterocycles. The maximum atomic E-state index is 13.3. The van der Waals surface area contributed by atoms with Crippen LogP contribution in [0.3, 0.4) is 0 Å². The highest BCUT2D eigenvalue weighted by atomic mass is 79.9. The van der Waals surface area contributed by atoms with Crippen LogP contribution in [0.4, 0.5) is 18.9 Å². The first-order valence-corrected chi connectivity index (χ1v) is 12.5. The summed E-state index contributed by atoms with van der Waals surface area (Å²) in [6.07, 6.45) is 0.263. The van der Waals surface area contributed by atoms with Crippen LogP contribution in [0.2, 0.25) is 0 Å². The van der Waals surface area contributed by atoms with E-state index >= 15 is 0 Å². The van der Waals surface area contributed by atoms with Gasteiger partial charge in [0.25, 0.3) is 0 Å². The smallest absolute Gasteiger partial charge is 0.436 e. The van der Waals surface area contributed by atoms with Crippen LogP contribution in [0.25, 0.3) is 0 Å². The van der Waals surface area contributed by atoms with E-state index in [1.165, 1.54) is 10.9 Å². The first-order chi connectivity index (χ1) is 17.2. The Morgan fingerprint density at radius 1 is 1.19 bits per heavy atom. The van der Waals surface area contributed by atoms with Gasteiger partial charge in [-0.3, -0.25) is 14.2 Å². The molecule has 0 spiro atoms. The summed E-state index contributed by atoms with van der Waals surface area (Å²) in [5.74, 6) is 1.03. The predicted molar refractivity (Wildman–Crippen MR) is 130 cm³/mol. The number of hydrogen-bond donors (Lipinski definition) is 1. The van der Waals surface area contributed by atoms with Gasteiger partial charge in [0.1, 0.15) is 0 Å². The maximum absolute atomic E-state index is 13.3. The van der Waals surface area contributed by atoms with Crippen LogP contribution in [0.5, 0.6) is 11.5 Å². The van der Waals surface area contributed by atoms with Gasteiger partial charge in [-0.05, 0) is 60.3 Å².